The highest BCUT2D eigenvalue weighted by Crippen LogP contribution is 2.46. The first-order chi connectivity index (χ1) is 5.58. The summed E-state index contributed by atoms with van der Waals surface area (Å²) in [5.74, 6) is 0.919. The lowest BCUT2D eigenvalue weighted by Gasteiger charge is -2.29. The minimum absolute atomic E-state index is 0.421. The molecule has 1 fully saturated rings. The minimum Gasteiger partial charge on any atom is -0.330 e. The Kier molecular flexibility index (Phi) is 3.13. The van der Waals surface area contributed by atoms with Gasteiger partial charge in [-0.1, -0.05) is 6.92 Å². The van der Waals surface area contributed by atoms with E-state index >= 15 is 0 Å². The molecule has 1 unspecified atom stereocenters. The summed E-state index contributed by atoms with van der Waals surface area (Å²) in [4.78, 5) is 2.25. The molecule has 0 radical (unpaired) electrons. The molecule has 0 bridgehead atoms. The van der Waals surface area contributed by atoms with E-state index in [2.05, 4.69) is 25.9 Å². The largest absolute Gasteiger partial charge is 0.330 e. The summed E-state index contributed by atoms with van der Waals surface area (Å²) >= 11 is 0. The van der Waals surface area contributed by atoms with Gasteiger partial charge in [0.1, 0.15) is 0 Å². The van der Waals surface area contributed by atoms with E-state index in [-0.39, 0.29) is 0 Å². The third kappa shape index (κ3) is 2.46. The van der Waals surface area contributed by atoms with Crippen LogP contribution in [0, 0.1) is 11.3 Å². The van der Waals surface area contributed by atoms with Crippen LogP contribution >= 0.6 is 0 Å². The lowest BCUT2D eigenvalue weighted by Crippen LogP contribution is -2.33. The molecular formula is C10H22N2. The van der Waals surface area contributed by atoms with Crippen molar-refractivity contribution in [2.24, 2.45) is 17.1 Å². The van der Waals surface area contributed by atoms with Crippen LogP contribution in [-0.2, 0) is 0 Å². The zero-order chi connectivity index (χ0) is 9.19. The molecule has 72 valence electrons. The molecule has 0 aromatic carbocycles. The Balaban J connectivity index is 2.33. The molecule has 2 heteroatoms. The molecular weight excluding hydrogens is 148 g/mol. The Bertz CT molecular complexity index is 141. The first-order valence-electron chi connectivity index (χ1n) is 4.93. The monoisotopic (exact) mass is 170 g/mol. The Morgan fingerprint density at radius 1 is 1.42 bits per heavy atom. The zero-order valence-corrected chi connectivity index (χ0v) is 8.64. The third-order valence-corrected chi connectivity index (χ3v) is 3.16. The van der Waals surface area contributed by atoms with Crippen molar-refractivity contribution < 1.29 is 0 Å². The van der Waals surface area contributed by atoms with Crippen molar-refractivity contribution in [2.75, 3.05) is 27.2 Å². The Hall–Kier alpha value is -0.0800. The fourth-order valence-electron chi connectivity index (χ4n) is 1.73. The van der Waals surface area contributed by atoms with Crippen LogP contribution in [0.2, 0.25) is 0 Å². The van der Waals surface area contributed by atoms with E-state index in [0.29, 0.717) is 5.41 Å². The molecule has 0 aromatic heterocycles. The molecule has 12 heavy (non-hydrogen) atoms. The summed E-state index contributed by atoms with van der Waals surface area (Å²) in [7, 11) is 4.26. The number of rotatable bonds is 5. The minimum atomic E-state index is 0.421. The van der Waals surface area contributed by atoms with E-state index in [1.54, 1.807) is 0 Å². The average molecular weight is 170 g/mol. The second-order valence-electron chi connectivity index (χ2n) is 4.69. The fourth-order valence-corrected chi connectivity index (χ4v) is 1.73. The highest BCUT2D eigenvalue weighted by Gasteiger charge is 2.39. The van der Waals surface area contributed by atoms with Crippen LogP contribution in [0.3, 0.4) is 0 Å². The van der Waals surface area contributed by atoms with Gasteiger partial charge < -0.3 is 10.6 Å². The molecule has 1 rings (SSSR count). The lowest BCUT2D eigenvalue weighted by atomic mass is 9.81. The van der Waals surface area contributed by atoms with Crippen LogP contribution in [0.5, 0.6) is 0 Å². The van der Waals surface area contributed by atoms with E-state index in [0.717, 1.165) is 12.5 Å². The maximum absolute atomic E-state index is 5.82. The standard InChI is InChI=1S/C10H22N2/c1-10(8-11,9-4-5-9)6-7-12(2)3/h9H,4-8,11H2,1-3H3. The number of hydrogen-bond donors (Lipinski definition) is 1. The van der Waals surface area contributed by atoms with Crippen LogP contribution in [0.15, 0.2) is 0 Å². The molecule has 0 aromatic rings. The second kappa shape index (κ2) is 3.75. The molecule has 1 saturated carbocycles. The fraction of sp³-hybridized carbons (Fsp3) is 1.00. The molecule has 1 aliphatic carbocycles. The smallest absolute Gasteiger partial charge is 0.00191 e. The molecule has 0 saturated heterocycles. The molecule has 0 spiro atoms. The number of hydrogen-bond acceptors (Lipinski definition) is 2. The summed E-state index contributed by atoms with van der Waals surface area (Å²) in [6.45, 7) is 4.36. The van der Waals surface area contributed by atoms with Gasteiger partial charge in [-0.2, -0.15) is 0 Å². The third-order valence-electron chi connectivity index (χ3n) is 3.16. The van der Waals surface area contributed by atoms with Crippen molar-refractivity contribution in [3.63, 3.8) is 0 Å². The van der Waals surface area contributed by atoms with Gasteiger partial charge >= 0.3 is 0 Å². The normalized spacial score (nSPS) is 22.8. The van der Waals surface area contributed by atoms with Crippen molar-refractivity contribution in [3.8, 4) is 0 Å². The van der Waals surface area contributed by atoms with Crippen LogP contribution in [0.25, 0.3) is 0 Å². The molecule has 1 aliphatic rings. The van der Waals surface area contributed by atoms with E-state index in [1.807, 2.05) is 0 Å². The van der Waals surface area contributed by atoms with E-state index in [4.69, 9.17) is 5.73 Å². The van der Waals surface area contributed by atoms with Crippen LogP contribution in [0.4, 0.5) is 0 Å². The van der Waals surface area contributed by atoms with Gasteiger partial charge in [0.2, 0.25) is 0 Å². The van der Waals surface area contributed by atoms with E-state index in [9.17, 15) is 0 Å². The van der Waals surface area contributed by atoms with Crippen LogP contribution in [0.1, 0.15) is 26.2 Å². The SMILES string of the molecule is CN(C)CCC(C)(CN)C1CC1. The van der Waals surface area contributed by atoms with Crippen LogP contribution < -0.4 is 5.73 Å². The van der Waals surface area contributed by atoms with Gasteiger partial charge in [-0.3, -0.25) is 0 Å². The first-order valence-corrected chi connectivity index (χ1v) is 4.93. The van der Waals surface area contributed by atoms with Gasteiger partial charge in [-0.05, 0) is 57.8 Å². The average Bonchev–Trinajstić information content (AvgIpc) is 2.82. The molecule has 2 nitrogen and oxygen atoms in total. The summed E-state index contributed by atoms with van der Waals surface area (Å²) in [6, 6.07) is 0. The van der Waals surface area contributed by atoms with Crippen molar-refractivity contribution in [3.05, 3.63) is 0 Å². The second-order valence-corrected chi connectivity index (χ2v) is 4.69. The highest BCUT2D eigenvalue weighted by atomic mass is 15.0. The number of nitrogens with two attached hydrogens (primary N) is 1. The Morgan fingerprint density at radius 3 is 2.33 bits per heavy atom. The molecule has 0 amide bonds. The van der Waals surface area contributed by atoms with Crippen molar-refractivity contribution in [2.45, 2.75) is 26.2 Å². The van der Waals surface area contributed by atoms with Gasteiger partial charge in [0.05, 0.1) is 0 Å². The van der Waals surface area contributed by atoms with Gasteiger partial charge in [0.25, 0.3) is 0 Å². The summed E-state index contributed by atoms with van der Waals surface area (Å²) in [5, 5.41) is 0. The molecule has 1 atom stereocenters. The Labute approximate surface area is 76.1 Å². The quantitative estimate of drug-likeness (QED) is 0.674. The topological polar surface area (TPSA) is 29.3 Å². The van der Waals surface area contributed by atoms with Gasteiger partial charge in [-0.25, -0.2) is 0 Å². The zero-order valence-electron chi connectivity index (χ0n) is 8.64. The van der Waals surface area contributed by atoms with E-state index in [1.165, 1.54) is 25.8 Å². The van der Waals surface area contributed by atoms with E-state index < -0.39 is 0 Å². The predicted molar refractivity (Wildman–Crippen MR) is 53.1 cm³/mol. The lowest BCUT2D eigenvalue weighted by molar-refractivity contribution is 0.224. The van der Waals surface area contributed by atoms with Crippen LogP contribution in [-0.4, -0.2) is 32.1 Å². The predicted octanol–water partition coefficient (Wildman–Crippen LogP) is 1.31. The number of nitrogens with zero attached hydrogens (tertiary/aromatic N) is 1. The van der Waals surface area contributed by atoms with Crippen molar-refractivity contribution in [1.82, 2.24) is 4.90 Å². The summed E-state index contributed by atoms with van der Waals surface area (Å²) in [6.07, 6.45) is 4.06. The maximum atomic E-state index is 5.82. The van der Waals surface area contributed by atoms with Gasteiger partial charge in [0, 0.05) is 0 Å². The molecule has 0 aliphatic heterocycles. The highest BCUT2D eigenvalue weighted by molar-refractivity contribution is 4.91. The molecule has 0 heterocycles. The van der Waals surface area contributed by atoms with Gasteiger partial charge in [0.15, 0.2) is 0 Å². The maximum Gasteiger partial charge on any atom is -0.00191 e. The van der Waals surface area contributed by atoms with Gasteiger partial charge in [-0.15, -0.1) is 0 Å². The van der Waals surface area contributed by atoms with Crippen molar-refractivity contribution in [1.29, 1.82) is 0 Å². The summed E-state index contributed by atoms with van der Waals surface area (Å²) < 4.78 is 0. The first kappa shape index (κ1) is 10.0. The Morgan fingerprint density at radius 2 is 2.00 bits per heavy atom. The summed E-state index contributed by atoms with van der Waals surface area (Å²) in [5.41, 5.74) is 6.24. The van der Waals surface area contributed by atoms with Crippen molar-refractivity contribution >= 4 is 0 Å². The molecule has 2 N–H and O–H groups in total.